The first-order chi connectivity index (χ1) is 9.34. The van der Waals surface area contributed by atoms with Crippen LogP contribution >= 0.6 is 11.3 Å². The monoisotopic (exact) mass is 272 g/mol. The highest BCUT2D eigenvalue weighted by molar-refractivity contribution is 7.07. The van der Waals surface area contributed by atoms with Crippen LogP contribution in [0.1, 0.15) is 5.56 Å². The fraction of sp³-hybridized carbons (Fsp3) is 0.267. The van der Waals surface area contributed by atoms with E-state index in [0.29, 0.717) is 6.54 Å². The minimum absolute atomic E-state index is 0.124. The Morgan fingerprint density at radius 3 is 2.63 bits per heavy atom. The number of carbonyl (C=O) groups is 1. The van der Waals surface area contributed by atoms with E-state index >= 15 is 0 Å². The molecule has 1 amide bonds. The molecule has 0 atom stereocenters. The van der Waals surface area contributed by atoms with Crippen molar-refractivity contribution in [3.05, 3.63) is 52.7 Å². The zero-order valence-corrected chi connectivity index (χ0v) is 11.4. The van der Waals surface area contributed by atoms with Crippen molar-refractivity contribution >= 4 is 22.9 Å². The quantitative estimate of drug-likeness (QED) is 0.927. The molecule has 3 rings (SSSR count). The van der Waals surface area contributed by atoms with E-state index in [4.69, 9.17) is 0 Å². The van der Waals surface area contributed by atoms with Crippen molar-refractivity contribution in [2.24, 2.45) is 5.92 Å². The summed E-state index contributed by atoms with van der Waals surface area (Å²) in [6.45, 7) is 2.25. The van der Waals surface area contributed by atoms with E-state index in [0.717, 1.165) is 18.8 Å². The molecule has 2 aromatic rings. The van der Waals surface area contributed by atoms with E-state index in [1.165, 1.54) is 5.56 Å². The van der Waals surface area contributed by atoms with Crippen molar-refractivity contribution in [3.63, 3.8) is 0 Å². The Morgan fingerprint density at radius 2 is 2.05 bits per heavy atom. The predicted octanol–water partition coefficient (Wildman–Crippen LogP) is 2.50. The summed E-state index contributed by atoms with van der Waals surface area (Å²) in [4.78, 5) is 14.4. The molecule has 4 heteroatoms. The summed E-state index contributed by atoms with van der Waals surface area (Å²) in [6.07, 6.45) is 0. The maximum atomic E-state index is 12.5. The molecule has 1 aliphatic heterocycles. The van der Waals surface area contributed by atoms with Crippen molar-refractivity contribution in [2.45, 2.75) is 6.54 Å². The second-order valence-corrected chi connectivity index (χ2v) is 5.53. The van der Waals surface area contributed by atoms with Gasteiger partial charge in [-0.1, -0.05) is 18.2 Å². The van der Waals surface area contributed by atoms with Gasteiger partial charge in [0, 0.05) is 18.8 Å². The molecule has 1 aromatic carbocycles. The van der Waals surface area contributed by atoms with Crippen molar-refractivity contribution in [1.29, 1.82) is 0 Å². The summed E-state index contributed by atoms with van der Waals surface area (Å²) in [5.41, 5.74) is 2.17. The lowest BCUT2D eigenvalue weighted by Crippen LogP contribution is -2.52. The lowest BCUT2D eigenvalue weighted by Gasteiger charge is -2.32. The van der Waals surface area contributed by atoms with Crippen LogP contribution in [0.5, 0.6) is 0 Å². The van der Waals surface area contributed by atoms with Gasteiger partial charge in [0.2, 0.25) is 5.91 Å². The Labute approximate surface area is 116 Å². The summed E-state index contributed by atoms with van der Waals surface area (Å²) < 4.78 is 0. The molecular weight excluding hydrogens is 256 g/mol. The summed E-state index contributed by atoms with van der Waals surface area (Å²) in [5, 5.41) is 7.31. The Balaban J connectivity index is 1.84. The molecule has 3 nitrogen and oxygen atoms in total. The summed E-state index contributed by atoms with van der Waals surface area (Å²) in [5.74, 6) is 0.343. The molecule has 19 heavy (non-hydrogen) atoms. The van der Waals surface area contributed by atoms with Crippen molar-refractivity contribution in [2.75, 3.05) is 18.0 Å². The second kappa shape index (κ2) is 5.55. The number of amides is 1. The van der Waals surface area contributed by atoms with Gasteiger partial charge in [-0.25, -0.2) is 0 Å². The van der Waals surface area contributed by atoms with Crippen LogP contribution in [-0.2, 0) is 11.3 Å². The summed E-state index contributed by atoms with van der Waals surface area (Å²) >= 11 is 1.67. The number of nitrogens with one attached hydrogen (secondary N) is 1. The third kappa shape index (κ3) is 2.69. The van der Waals surface area contributed by atoms with E-state index < -0.39 is 0 Å². The van der Waals surface area contributed by atoms with E-state index in [-0.39, 0.29) is 11.8 Å². The molecule has 0 radical (unpaired) electrons. The molecule has 1 aliphatic rings. The van der Waals surface area contributed by atoms with Gasteiger partial charge in [-0.2, -0.15) is 11.3 Å². The number of anilines is 1. The number of benzene rings is 1. The number of carbonyl (C=O) groups excluding carboxylic acids is 1. The van der Waals surface area contributed by atoms with Crippen LogP contribution in [0.4, 0.5) is 5.69 Å². The van der Waals surface area contributed by atoms with E-state index in [9.17, 15) is 4.79 Å². The highest BCUT2D eigenvalue weighted by atomic mass is 32.1. The number of para-hydroxylation sites is 1. The summed E-state index contributed by atoms with van der Waals surface area (Å²) in [6, 6.07) is 12.0. The zero-order chi connectivity index (χ0) is 13.1. The molecule has 0 aliphatic carbocycles. The third-order valence-corrected chi connectivity index (χ3v) is 4.12. The average Bonchev–Trinajstić information content (AvgIpc) is 2.87. The Hall–Kier alpha value is -1.65. The van der Waals surface area contributed by atoms with Crippen LogP contribution in [0.25, 0.3) is 0 Å². The van der Waals surface area contributed by atoms with Crippen LogP contribution in [0, 0.1) is 5.92 Å². The van der Waals surface area contributed by atoms with E-state index in [2.05, 4.69) is 16.8 Å². The van der Waals surface area contributed by atoms with Gasteiger partial charge in [0.15, 0.2) is 0 Å². The van der Waals surface area contributed by atoms with Crippen LogP contribution in [0.2, 0.25) is 0 Å². The highest BCUT2D eigenvalue weighted by Gasteiger charge is 2.30. The fourth-order valence-electron chi connectivity index (χ4n) is 2.15. The highest BCUT2D eigenvalue weighted by Crippen LogP contribution is 2.21. The maximum absolute atomic E-state index is 12.5. The fourth-order valence-corrected chi connectivity index (χ4v) is 2.81. The van der Waals surface area contributed by atoms with Gasteiger partial charge in [-0.15, -0.1) is 0 Å². The number of thiophene rings is 1. The minimum Gasteiger partial charge on any atom is -0.315 e. The first kappa shape index (κ1) is 12.4. The molecule has 1 fully saturated rings. The molecule has 1 aromatic heterocycles. The maximum Gasteiger partial charge on any atom is 0.232 e. The number of rotatable bonds is 4. The largest absolute Gasteiger partial charge is 0.315 e. The molecule has 0 unspecified atom stereocenters. The van der Waals surface area contributed by atoms with Gasteiger partial charge in [0.25, 0.3) is 0 Å². The van der Waals surface area contributed by atoms with E-state index in [1.54, 1.807) is 11.3 Å². The molecule has 0 spiro atoms. The standard InChI is InChI=1S/C15H16N2OS/c18-15(13-8-16-9-13)17(10-12-6-7-19-11-12)14-4-2-1-3-5-14/h1-7,11,13,16H,8-10H2. The zero-order valence-electron chi connectivity index (χ0n) is 10.6. The summed E-state index contributed by atoms with van der Waals surface area (Å²) in [7, 11) is 0. The molecule has 0 saturated carbocycles. The Kier molecular flexibility index (Phi) is 3.62. The number of hydrogen-bond donors (Lipinski definition) is 1. The Bertz CT molecular complexity index is 535. The topological polar surface area (TPSA) is 32.3 Å². The van der Waals surface area contributed by atoms with Gasteiger partial charge in [-0.05, 0) is 34.5 Å². The first-order valence-corrected chi connectivity index (χ1v) is 7.37. The van der Waals surface area contributed by atoms with Crippen LogP contribution < -0.4 is 10.2 Å². The van der Waals surface area contributed by atoms with Crippen molar-refractivity contribution in [3.8, 4) is 0 Å². The average molecular weight is 272 g/mol. The SMILES string of the molecule is O=C(C1CNC1)N(Cc1ccsc1)c1ccccc1. The second-order valence-electron chi connectivity index (χ2n) is 4.75. The predicted molar refractivity (Wildman–Crippen MR) is 78.3 cm³/mol. The van der Waals surface area contributed by atoms with E-state index in [1.807, 2.05) is 40.6 Å². The van der Waals surface area contributed by atoms with Gasteiger partial charge in [0.1, 0.15) is 0 Å². The first-order valence-electron chi connectivity index (χ1n) is 6.43. The smallest absolute Gasteiger partial charge is 0.232 e. The normalized spacial score (nSPS) is 14.9. The molecule has 1 N–H and O–H groups in total. The van der Waals surface area contributed by atoms with Gasteiger partial charge in [0.05, 0.1) is 12.5 Å². The Morgan fingerprint density at radius 1 is 1.26 bits per heavy atom. The number of hydrogen-bond acceptors (Lipinski definition) is 3. The van der Waals surface area contributed by atoms with Crippen molar-refractivity contribution in [1.82, 2.24) is 5.32 Å². The van der Waals surface area contributed by atoms with Gasteiger partial charge < -0.3 is 10.2 Å². The molecule has 1 saturated heterocycles. The number of nitrogens with zero attached hydrogens (tertiary/aromatic N) is 1. The van der Waals surface area contributed by atoms with Crippen LogP contribution in [0.15, 0.2) is 47.2 Å². The van der Waals surface area contributed by atoms with Crippen LogP contribution in [0.3, 0.4) is 0 Å². The third-order valence-electron chi connectivity index (χ3n) is 3.39. The molecule has 2 heterocycles. The van der Waals surface area contributed by atoms with Gasteiger partial charge in [-0.3, -0.25) is 4.79 Å². The lowest BCUT2D eigenvalue weighted by atomic mass is 10.0. The molecule has 0 bridgehead atoms. The van der Waals surface area contributed by atoms with Crippen LogP contribution in [-0.4, -0.2) is 19.0 Å². The molecular formula is C15H16N2OS. The lowest BCUT2D eigenvalue weighted by molar-refractivity contribution is -0.123. The van der Waals surface area contributed by atoms with Gasteiger partial charge >= 0.3 is 0 Å². The minimum atomic E-state index is 0.124. The van der Waals surface area contributed by atoms with Crippen molar-refractivity contribution < 1.29 is 4.79 Å². The molecule has 98 valence electrons.